The molecule has 0 atom stereocenters. The number of aromatic nitrogens is 1. The summed E-state index contributed by atoms with van der Waals surface area (Å²) in [6, 6.07) is 6.45. The SMILES string of the molecule is Cc1cc(C)c(NC(=O)c2ccc(F)nc2)c(Br)c1. The molecule has 0 aliphatic rings. The Balaban J connectivity index is 2.26. The minimum absolute atomic E-state index is 0.313. The Hall–Kier alpha value is -1.75. The summed E-state index contributed by atoms with van der Waals surface area (Å²) in [7, 11) is 0. The van der Waals surface area contributed by atoms with Crippen LogP contribution in [0.1, 0.15) is 21.5 Å². The zero-order chi connectivity index (χ0) is 14.0. The first kappa shape index (κ1) is 13.7. The van der Waals surface area contributed by atoms with Crippen molar-refractivity contribution in [3.8, 4) is 0 Å². The van der Waals surface area contributed by atoms with E-state index in [4.69, 9.17) is 0 Å². The molecule has 0 aliphatic carbocycles. The maximum atomic E-state index is 12.7. The second kappa shape index (κ2) is 5.48. The van der Waals surface area contributed by atoms with Gasteiger partial charge in [0.25, 0.3) is 5.91 Å². The lowest BCUT2D eigenvalue weighted by Gasteiger charge is -2.11. The molecule has 0 aliphatic heterocycles. The van der Waals surface area contributed by atoms with E-state index in [1.54, 1.807) is 0 Å². The highest BCUT2D eigenvalue weighted by atomic mass is 79.9. The van der Waals surface area contributed by atoms with E-state index in [2.05, 4.69) is 26.2 Å². The quantitative estimate of drug-likeness (QED) is 0.853. The number of carbonyl (C=O) groups excluding carboxylic acids is 1. The van der Waals surface area contributed by atoms with Gasteiger partial charge in [-0.2, -0.15) is 4.39 Å². The lowest BCUT2D eigenvalue weighted by atomic mass is 10.1. The lowest BCUT2D eigenvalue weighted by Crippen LogP contribution is -2.13. The van der Waals surface area contributed by atoms with Crippen LogP contribution in [0.4, 0.5) is 10.1 Å². The van der Waals surface area contributed by atoms with Crippen LogP contribution in [-0.2, 0) is 0 Å². The number of hydrogen-bond acceptors (Lipinski definition) is 2. The van der Waals surface area contributed by atoms with Crippen molar-refractivity contribution in [1.82, 2.24) is 4.98 Å². The summed E-state index contributed by atoms with van der Waals surface area (Å²) in [5.74, 6) is -0.926. The van der Waals surface area contributed by atoms with Crippen molar-refractivity contribution >= 4 is 27.5 Å². The molecule has 1 amide bonds. The average Bonchev–Trinajstić information content (AvgIpc) is 2.34. The normalized spacial score (nSPS) is 10.3. The van der Waals surface area contributed by atoms with Crippen molar-refractivity contribution in [2.45, 2.75) is 13.8 Å². The van der Waals surface area contributed by atoms with Gasteiger partial charge in [0.2, 0.25) is 5.95 Å². The third-order valence-electron chi connectivity index (χ3n) is 2.66. The molecule has 1 aromatic heterocycles. The summed E-state index contributed by atoms with van der Waals surface area (Å²) >= 11 is 3.42. The third kappa shape index (κ3) is 3.17. The van der Waals surface area contributed by atoms with Crippen molar-refractivity contribution in [1.29, 1.82) is 0 Å². The number of nitrogens with zero attached hydrogens (tertiary/aromatic N) is 1. The predicted molar refractivity (Wildman–Crippen MR) is 75.8 cm³/mol. The van der Waals surface area contributed by atoms with Crippen LogP contribution in [0.3, 0.4) is 0 Å². The molecule has 19 heavy (non-hydrogen) atoms. The number of pyridine rings is 1. The van der Waals surface area contributed by atoms with Crippen LogP contribution in [0.25, 0.3) is 0 Å². The van der Waals surface area contributed by atoms with Gasteiger partial charge in [-0.1, -0.05) is 6.07 Å². The Kier molecular flexibility index (Phi) is 3.95. The second-order valence-corrected chi connectivity index (χ2v) is 5.12. The number of amides is 1. The molecule has 0 fully saturated rings. The highest BCUT2D eigenvalue weighted by Gasteiger charge is 2.11. The molecule has 0 radical (unpaired) electrons. The monoisotopic (exact) mass is 322 g/mol. The van der Waals surface area contributed by atoms with Gasteiger partial charge in [-0.25, -0.2) is 4.98 Å². The summed E-state index contributed by atoms with van der Waals surface area (Å²) in [4.78, 5) is 15.5. The van der Waals surface area contributed by atoms with Gasteiger partial charge in [0.05, 0.1) is 11.3 Å². The maximum Gasteiger partial charge on any atom is 0.257 e. The minimum atomic E-state index is -0.607. The molecular formula is C14H12BrFN2O. The Bertz CT molecular complexity index is 603. The zero-order valence-corrected chi connectivity index (χ0v) is 12.1. The number of carbonyl (C=O) groups is 1. The highest BCUT2D eigenvalue weighted by Crippen LogP contribution is 2.28. The fourth-order valence-electron chi connectivity index (χ4n) is 1.77. The van der Waals surface area contributed by atoms with E-state index in [0.717, 1.165) is 21.7 Å². The fourth-order valence-corrected chi connectivity index (χ4v) is 2.54. The maximum absolute atomic E-state index is 12.7. The van der Waals surface area contributed by atoms with E-state index in [0.29, 0.717) is 11.3 Å². The molecule has 0 saturated carbocycles. The number of benzene rings is 1. The van der Waals surface area contributed by atoms with E-state index >= 15 is 0 Å². The van der Waals surface area contributed by atoms with E-state index < -0.39 is 5.95 Å². The number of anilines is 1. The molecule has 98 valence electrons. The van der Waals surface area contributed by atoms with Gasteiger partial charge in [-0.3, -0.25) is 4.79 Å². The van der Waals surface area contributed by atoms with Gasteiger partial charge in [0.1, 0.15) is 0 Å². The van der Waals surface area contributed by atoms with Gasteiger partial charge >= 0.3 is 0 Å². The number of rotatable bonds is 2. The molecule has 2 aromatic rings. The topological polar surface area (TPSA) is 42.0 Å². The molecule has 0 spiro atoms. The van der Waals surface area contributed by atoms with Gasteiger partial charge in [0, 0.05) is 10.7 Å². The van der Waals surface area contributed by atoms with Gasteiger partial charge in [-0.05, 0) is 59.1 Å². The van der Waals surface area contributed by atoms with Crippen molar-refractivity contribution in [3.05, 3.63) is 57.6 Å². The smallest absolute Gasteiger partial charge is 0.257 e. The molecule has 2 rings (SSSR count). The molecule has 3 nitrogen and oxygen atoms in total. The number of aryl methyl sites for hydroxylation is 2. The van der Waals surface area contributed by atoms with Crippen LogP contribution in [0.2, 0.25) is 0 Å². The largest absolute Gasteiger partial charge is 0.321 e. The van der Waals surface area contributed by atoms with Crippen LogP contribution < -0.4 is 5.32 Å². The highest BCUT2D eigenvalue weighted by molar-refractivity contribution is 9.10. The van der Waals surface area contributed by atoms with Crippen molar-refractivity contribution in [2.24, 2.45) is 0 Å². The molecular weight excluding hydrogens is 311 g/mol. The van der Waals surface area contributed by atoms with E-state index in [-0.39, 0.29) is 5.91 Å². The first-order valence-corrected chi connectivity index (χ1v) is 6.46. The Morgan fingerprint density at radius 3 is 2.63 bits per heavy atom. The molecule has 5 heteroatoms. The Morgan fingerprint density at radius 2 is 2.05 bits per heavy atom. The first-order valence-electron chi connectivity index (χ1n) is 5.67. The minimum Gasteiger partial charge on any atom is -0.321 e. The molecule has 0 unspecified atom stereocenters. The number of halogens is 2. The summed E-state index contributed by atoms with van der Waals surface area (Å²) in [5, 5.41) is 2.79. The van der Waals surface area contributed by atoms with E-state index in [1.807, 2.05) is 26.0 Å². The summed E-state index contributed by atoms with van der Waals surface area (Å²) in [6.07, 6.45) is 1.21. The van der Waals surface area contributed by atoms with Crippen LogP contribution >= 0.6 is 15.9 Å². The molecule has 1 aromatic carbocycles. The van der Waals surface area contributed by atoms with Crippen LogP contribution in [0.5, 0.6) is 0 Å². The molecule has 0 saturated heterocycles. The van der Waals surface area contributed by atoms with Crippen molar-refractivity contribution in [2.75, 3.05) is 5.32 Å². The third-order valence-corrected chi connectivity index (χ3v) is 3.29. The van der Waals surface area contributed by atoms with Crippen LogP contribution in [0.15, 0.2) is 34.9 Å². The summed E-state index contributed by atoms with van der Waals surface area (Å²) in [5.41, 5.74) is 3.08. The molecule has 0 bridgehead atoms. The van der Waals surface area contributed by atoms with Crippen molar-refractivity contribution < 1.29 is 9.18 Å². The van der Waals surface area contributed by atoms with Crippen LogP contribution in [-0.4, -0.2) is 10.9 Å². The number of hydrogen-bond donors (Lipinski definition) is 1. The average molecular weight is 323 g/mol. The van der Waals surface area contributed by atoms with Gasteiger partial charge in [0.15, 0.2) is 0 Å². The lowest BCUT2D eigenvalue weighted by molar-refractivity contribution is 0.102. The zero-order valence-electron chi connectivity index (χ0n) is 10.5. The van der Waals surface area contributed by atoms with Crippen LogP contribution in [0, 0.1) is 19.8 Å². The molecule has 1 heterocycles. The van der Waals surface area contributed by atoms with E-state index in [1.165, 1.54) is 12.3 Å². The molecule has 1 N–H and O–H groups in total. The first-order chi connectivity index (χ1) is 8.97. The standard InChI is InChI=1S/C14H12BrFN2O/c1-8-5-9(2)13(11(15)6-8)18-14(19)10-3-4-12(16)17-7-10/h3-7H,1-2H3,(H,18,19). The van der Waals surface area contributed by atoms with Gasteiger partial charge in [-0.15, -0.1) is 0 Å². The fraction of sp³-hybridized carbons (Fsp3) is 0.143. The van der Waals surface area contributed by atoms with Crippen molar-refractivity contribution in [3.63, 3.8) is 0 Å². The second-order valence-electron chi connectivity index (χ2n) is 4.26. The number of nitrogens with one attached hydrogen (secondary N) is 1. The Morgan fingerprint density at radius 1 is 1.32 bits per heavy atom. The summed E-state index contributed by atoms with van der Waals surface area (Å²) < 4.78 is 13.5. The Labute approximate surface area is 119 Å². The summed E-state index contributed by atoms with van der Waals surface area (Å²) in [6.45, 7) is 3.89. The van der Waals surface area contributed by atoms with E-state index in [9.17, 15) is 9.18 Å². The predicted octanol–water partition coefficient (Wildman–Crippen LogP) is 3.85. The van der Waals surface area contributed by atoms with Gasteiger partial charge < -0.3 is 5.32 Å².